The van der Waals surface area contributed by atoms with E-state index in [0.717, 1.165) is 20.6 Å². The van der Waals surface area contributed by atoms with Gasteiger partial charge in [0.25, 0.3) is 0 Å². The van der Waals surface area contributed by atoms with Crippen molar-refractivity contribution >= 4 is 27.3 Å². The highest BCUT2D eigenvalue weighted by Gasteiger charge is 2.11. The van der Waals surface area contributed by atoms with Gasteiger partial charge >= 0.3 is 0 Å². The average Bonchev–Trinajstić information content (AvgIpc) is 2.97. The van der Waals surface area contributed by atoms with Gasteiger partial charge in [-0.05, 0) is 29.8 Å². The van der Waals surface area contributed by atoms with Gasteiger partial charge < -0.3 is 5.73 Å². The Hall–Kier alpha value is -1.56. The van der Waals surface area contributed by atoms with Gasteiger partial charge in [-0.15, -0.1) is 11.3 Å². The van der Waals surface area contributed by atoms with E-state index in [4.69, 9.17) is 5.73 Å². The molecular formula is C16H12BrFN2S. The van der Waals surface area contributed by atoms with E-state index >= 15 is 0 Å². The lowest BCUT2D eigenvalue weighted by Crippen LogP contribution is -1.95. The minimum absolute atomic E-state index is 0.281. The number of aromatic nitrogens is 1. The predicted octanol–water partition coefficient (Wildman–Crippen LogP) is 4.84. The lowest BCUT2D eigenvalue weighted by molar-refractivity contribution is 0.630. The van der Waals surface area contributed by atoms with Crippen molar-refractivity contribution in [1.82, 2.24) is 4.98 Å². The Balaban J connectivity index is 1.99. The van der Waals surface area contributed by atoms with Gasteiger partial charge in [-0.2, -0.15) is 0 Å². The quantitative estimate of drug-likeness (QED) is 0.723. The second-order valence-corrected chi connectivity index (χ2v) is 6.34. The van der Waals surface area contributed by atoms with Gasteiger partial charge in [0.2, 0.25) is 0 Å². The van der Waals surface area contributed by atoms with Gasteiger partial charge in [0.05, 0.1) is 5.69 Å². The molecule has 0 radical (unpaired) electrons. The molecule has 0 unspecified atom stereocenters. The summed E-state index contributed by atoms with van der Waals surface area (Å²) in [6, 6.07) is 12.9. The maximum absolute atomic E-state index is 14.0. The largest absolute Gasteiger partial charge is 0.326 e. The van der Waals surface area contributed by atoms with Crippen molar-refractivity contribution in [3.63, 3.8) is 0 Å². The fourth-order valence-electron chi connectivity index (χ4n) is 2.06. The Morgan fingerprint density at radius 1 is 1.19 bits per heavy atom. The Morgan fingerprint density at radius 3 is 2.81 bits per heavy atom. The molecule has 0 amide bonds. The summed E-state index contributed by atoms with van der Waals surface area (Å²) in [6.45, 7) is 0.493. The van der Waals surface area contributed by atoms with E-state index in [1.54, 1.807) is 6.07 Å². The molecule has 2 aromatic carbocycles. The molecule has 2 nitrogen and oxygen atoms in total. The highest BCUT2D eigenvalue weighted by molar-refractivity contribution is 9.10. The summed E-state index contributed by atoms with van der Waals surface area (Å²) < 4.78 is 14.7. The molecule has 0 aliphatic carbocycles. The lowest BCUT2D eigenvalue weighted by atomic mass is 10.1. The summed E-state index contributed by atoms with van der Waals surface area (Å²) in [5.74, 6) is -0.281. The maximum atomic E-state index is 14.0. The molecule has 3 rings (SSSR count). The monoisotopic (exact) mass is 362 g/mol. The Bertz CT molecular complexity index is 785. The van der Waals surface area contributed by atoms with Gasteiger partial charge in [0, 0.05) is 27.5 Å². The van der Waals surface area contributed by atoms with Crippen LogP contribution in [0.2, 0.25) is 0 Å². The summed E-state index contributed by atoms with van der Waals surface area (Å²) in [4.78, 5) is 4.54. The molecule has 106 valence electrons. The van der Waals surface area contributed by atoms with Crippen LogP contribution in [0.3, 0.4) is 0 Å². The average molecular weight is 363 g/mol. The van der Waals surface area contributed by atoms with E-state index in [1.165, 1.54) is 17.4 Å². The summed E-state index contributed by atoms with van der Waals surface area (Å²) in [5.41, 5.74) is 8.88. The van der Waals surface area contributed by atoms with E-state index in [1.807, 2.05) is 35.7 Å². The first kappa shape index (κ1) is 14.4. The molecular weight excluding hydrogens is 351 g/mol. The third-order valence-corrected chi connectivity index (χ3v) is 4.51. The van der Waals surface area contributed by atoms with E-state index in [2.05, 4.69) is 20.9 Å². The second kappa shape index (κ2) is 6.05. The van der Waals surface area contributed by atoms with Gasteiger partial charge in [-0.25, -0.2) is 9.37 Å². The zero-order chi connectivity index (χ0) is 14.8. The van der Waals surface area contributed by atoms with E-state index in [-0.39, 0.29) is 5.82 Å². The number of halogens is 2. The lowest BCUT2D eigenvalue weighted by Gasteiger charge is -2.01. The fraction of sp³-hybridized carbons (Fsp3) is 0.0625. The van der Waals surface area contributed by atoms with Crippen LogP contribution < -0.4 is 5.73 Å². The number of benzene rings is 2. The molecule has 0 saturated heterocycles. The van der Waals surface area contributed by atoms with Crippen LogP contribution in [0.1, 0.15) is 5.56 Å². The number of nitrogens with two attached hydrogens (primary N) is 1. The van der Waals surface area contributed by atoms with E-state index in [9.17, 15) is 4.39 Å². The number of hydrogen-bond acceptors (Lipinski definition) is 3. The smallest absolute Gasteiger partial charge is 0.133 e. The molecule has 0 spiro atoms. The molecule has 0 saturated carbocycles. The number of thiazole rings is 1. The van der Waals surface area contributed by atoms with Gasteiger partial charge in [0.15, 0.2) is 0 Å². The first-order valence-corrected chi connectivity index (χ1v) is 8.05. The minimum atomic E-state index is -0.281. The Kier molecular flexibility index (Phi) is 4.14. The topological polar surface area (TPSA) is 38.9 Å². The third kappa shape index (κ3) is 3.05. The minimum Gasteiger partial charge on any atom is -0.326 e. The summed E-state index contributed by atoms with van der Waals surface area (Å²) in [5, 5.41) is 2.74. The fourth-order valence-corrected chi connectivity index (χ4v) is 3.21. The van der Waals surface area contributed by atoms with Gasteiger partial charge in [0.1, 0.15) is 10.8 Å². The van der Waals surface area contributed by atoms with E-state index in [0.29, 0.717) is 17.8 Å². The molecule has 5 heteroatoms. The molecule has 1 heterocycles. The number of hydrogen-bond donors (Lipinski definition) is 1. The van der Waals surface area contributed by atoms with Crippen LogP contribution in [0.15, 0.2) is 52.3 Å². The first-order chi connectivity index (χ1) is 10.2. The summed E-state index contributed by atoms with van der Waals surface area (Å²) in [7, 11) is 0. The van der Waals surface area contributed by atoms with Crippen molar-refractivity contribution in [2.24, 2.45) is 5.73 Å². The van der Waals surface area contributed by atoms with Gasteiger partial charge in [-0.1, -0.05) is 34.1 Å². The second-order valence-electron chi connectivity index (χ2n) is 4.57. The van der Waals surface area contributed by atoms with Crippen LogP contribution in [0.4, 0.5) is 4.39 Å². The normalized spacial score (nSPS) is 10.8. The zero-order valence-electron chi connectivity index (χ0n) is 11.0. The standard InChI is InChI=1S/C16H12BrFN2S/c17-12-4-5-13(14(18)7-12)15-9-21-16(20-15)11-3-1-2-10(6-11)8-19/h1-7,9H,8,19H2. The highest BCUT2D eigenvalue weighted by Crippen LogP contribution is 2.31. The molecule has 0 fully saturated rings. The molecule has 2 N–H and O–H groups in total. The van der Waals surface area contributed by atoms with Crippen molar-refractivity contribution in [2.75, 3.05) is 0 Å². The molecule has 0 atom stereocenters. The van der Waals surface area contributed by atoms with Crippen LogP contribution in [0.25, 0.3) is 21.8 Å². The first-order valence-electron chi connectivity index (χ1n) is 6.37. The molecule has 3 aromatic rings. The van der Waals surface area contributed by atoms with Crippen LogP contribution in [0, 0.1) is 5.82 Å². The van der Waals surface area contributed by atoms with Crippen molar-refractivity contribution in [2.45, 2.75) is 6.54 Å². The third-order valence-electron chi connectivity index (χ3n) is 3.12. The highest BCUT2D eigenvalue weighted by atomic mass is 79.9. The van der Waals surface area contributed by atoms with E-state index < -0.39 is 0 Å². The van der Waals surface area contributed by atoms with Crippen molar-refractivity contribution in [3.8, 4) is 21.8 Å². The molecule has 1 aromatic heterocycles. The molecule has 0 bridgehead atoms. The Labute approximate surface area is 134 Å². The zero-order valence-corrected chi connectivity index (χ0v) is 13.4. The van der Waals surface area contributed by atoms with Crippen LogP contribution in [-0.4, -0.2) is 4.98 Å². The van der Waals surface area contributed by atoms with Gasteiger partial charge in [-0.3, -0.25) is 0 Å². The SMILES string of the molecule is NCc1cccc(-c2nc(-c3ccc(Br)cc3F)cs2)c1. The summed E-state index contributed by atoms with van der Waals surface area (Å²) in [6.07, 6.45) is 0. The van der Waals surface area contributed by atoms with Crippen LogP contribution >= 0.6 is 27.3 Å². The summed E-state index contributed by atoms with van der Waals surface area (Å²) >= 11 is 4.76. The van der Waals surface area contributed by atoms with Crippen molar-refractivity contribution in [1.29, 1.82) is 0 Å². The van der Waals surface area contributed by atoms with Crippen molar-refractivity contribution in [3.05, 3.63) is 63.7 Å². The molecule has 21 heavy (non-hydrogen) atoms. The molecule has 0 aliphatic rings. The maximum Gasteiger partial charge on any atom is 0.133 e. The Morgan fingerprint density at radius 2 is 2.05 bits per heavy atom. The molecule has 0 aliphatic heterocycles. The number of rotatable bonds is 3. The number of nitrogens with zero attached hydrogens (tertiary/aromatic N) is 1. The predicted molar refractivity (Wildman–Crippen MR) is 88.5 cm³/mol. The van der Waals surface area contributed by atoms with Crippen LogP contribution in [-0.2, 0) is 6.54 Å². The van der Waals surface area contributed by atoms with Crippen LogP contribution in [0.5, 0.6) is 0 Å². The van der Waals surface area contributed by atoms with Crippen molar-refractivity contribution < 1.29 is 4.39 Å².